The maximum absolute atomic E-state index is 12.5. The van der Waals surface area contributed by atoms with Crippen molar-refractivity contribution in [2.45, 2.75) is 6.92 Å². The highest BCUT2D eigenvalue weighted by atomic mass is 35.5. The van der Waals surface area contributed by atoms with Crippen molar-refractivity contribution in [3.63, 3.8) is 0 Å². The second kappa shape index (κ2) is 6.82. The van der Waals surface area contributed by atoms with Crippen LogP contribution in [0.5, 0.6) is 0 Å². The number of aryl methyl sites for hydroxylation is 1. The summed E-state index contributed by atoms with van der Waals surface area (Å²) in [6.45, 7) is 1.38. The highest BCUT2D eigenvalue weighted by molar-refractivity contribution is 6.31. The van der Waals surface area contributed by atoms with E-state index in [0.29, 0.717) is 26.9 Å². The van der Waals surface area contributed by atoms with Gasteiger partial charge < -0.3 is 0 Å². The summed E-state index contributed by atoms with van der Waals surface area (Å²) in [5, 5.41) is 5.55. The number of ketones is 1. The molecule has 0 spiro atoms. The number of hydrogen-bond acceptors (Lipinski definition) is 3. The Morgan fingerprint density at radius 2 is 1.40 bits per heavy atom. The van der Waals surface area contributed by atoms with Gasteiger partial charge in [-0.15, -0.1) is 0 Å². The largest absolute Gasteiger partial charge is 0.294 e. The van der Waals surface area contributed by atoms with Gasteiger partial charge in [-0.1, -0.05) is 47.5 Å². The van der Waals surface area contributed by atoms with Crippen LogP contribution in [0, 0.1) is 0 Å². The van der Waals surface area contributed by atoms with Crippen molar-refractivity contribution in [1.82, 2.24) is 9.78 Å². The summed E-state index contributed by atoms with van der Waals surface area (Å²) in [6, 6.07) is 14.0. The van der Waals surface area contributed by atoms with E-state index in [1.807, 2.05) is 0 Å². The minimum atomic E-state index is -0.435. The Kier molecular flexibility index (Phi) is 4.75. The molecule has 0 N–H and O–H groups in total. The molecule has 6 heteroatoms. The summed E-state index contributed by atoms with van der Waals surface area (Å²) in [6.07, 6.45) is 0. The van der Waals surface area contributed by atoms with Gasteiger partial charge in [0.1, 0.15) is 0 Å². The molecule has 0 aliphatic rings. The zero-order chi connectivity index (χ0) is 18.1. The van der Waals surface area contributed by atoms with Gasteiger partial charge in [0.15, 0.2) is 5.78 Å². The van der Waals surface area contributed by atoms with Gasteiger partial charge in [-0.25, -0.2) is 4.68 Å². The first-order valence-corrected chi connectivity index (χ1v) is 8.28. The summed E-state index contributed by atoms with van der Waals surface area (Å²) >= 11 is 11.9. The first-order chi connectivity index (χ1) is 11.9. The fraction of sp³-hybridized carbons (Fsp3) is 0.105. The van der Waals surface area contributed by atoms with Gasteiger partial charge >= 0.3 is 0 Å². The van der Waals surface area contributed by atoms with E-state index in [2.05, 4.69) is 5.10 Å². The number of aromatic nitrogens is 2. The lowest BCUT2D eigenvalue weighted by atomic mass is 9.94. The number of halogens is 2. The normalized spacial score (nSPS) is 10.7. The van der Waals surface area contributed by atoms with E-state index < -0.39 is 5.56 Å². The Hall–Kier alpha value is -2.43. The van der Waals surface area contributed by atoms with Gasteiger partial charge in [0.2, 0.25) is 0 Å². The third-order valence-electron chi connectivity index (χ3n) is 3.85. The molecule has 0 atom stereocenters. The van der Waals surface area contributed by atoms with Gasteiger partial charge in [0.05, 0.1) is 11.3 Å². The summed E-state index contributed by atoms with van der Waals surface area (Å²) in [7, 11) is 1.53. The van der Waals surface area contributed by atoms with Crippen molar-refractivity contribution < 1.29 is 4.79 Å². The summed E-state index contributed by atoms with van der Waals surface area (Å²) < 4.78 is 1.18. The van der Waals surface area contributed by atoms with Crippen molar-refractivity contribution >= 4 is 29.0 Å². The maximum atomic E-state index is 12.5. The predicted molar refractivity (Wildman–Crippen MR) is 100 cm³/mol. The van der Waals surface area contributed by atoms with E-state index in [9.17, 15) is 9.59 Å². The molecule has 2 aromatic carbocycles. The fourth-order valence-electron chi connectivity index (χ4n) is 2.67. The Morgan fingerprint density at radius 1 is 0.920 bits per heavy atom. The number of carbonyl (C=O) groups excluding carboxylic acids is 1. The van der Waals surface area contributed by atoms with Crippen molar-refractivity contribution in [2.75, 3.05) is 0 Å². The molecule has 3 rings (SSSR count). The highest BCUT2D eigenvalue weighted by Crippen LogP contribution is 2.33. The molecule has 4 nitrogen and oxygen atoms in total. The summed E-state index contributed by atoms with van der Waals surface area (Å²) in [5.74, 6) is -0.317. The molecule has 1 heterocycles. The molecule has 25 heavy (non-hydrogen) atoms. The molecular weight excluding hydrogens is 359 g/mol. The van der Waals surface area contributed by atoms with Crippen LogP contribution in [0.3, 0.4) is 0 Å². The van der Waals surface area contributed by atoms with Crippen LogP contribution in [0.1, 0.15) is 17.3 Å². The first-order valence-electron chi connectivity index (χ1n) is 7.52. The minimum Gasteiger partial charge on any atom is -0.294 e. The number of hydrogen-bond donors (Lipinski definition) is 0. The van der Waals surface area contributed by atoms with E-state index in [-0.39, 0.29) is 11.3 Å². The Balaban J connectivity index is 2.41. The lowest BCUT2D eigenvalue weighted by Gasteiger charge is -2.14. The van der Waals surface area contributed by atoms with Gasteiger partial charge in [0.25, 0.3) is 5.56 Å². The molecule has 0 aliphatic carbocycles. The zero-order valence-electron chi connectivity index (χ0n) is 13.6. The Labute approximate surface area is 154 Å². The standard InChI is InChI=1S/C19H14Cl2N2O2/c1-11(24)16-17(12-3-7-14(20)8-4-12)18(22-23(2)19(16)25)13-5-9-15(21)10-6-13/h3-10H,1-2H3. The molecule has 0 bridgehead atoms. The summed E-state index contributed by atoms with van der Waals surface area (Å²) in [4.78, 5) is 24.8. The van der Waals surface area contributed by atoms with Crippen molar-refractivity contribution in [3.8, 4) is 22.4 Å². The summed E-state index contributed by atoms with van der Waals surface area (Å²) in [5.41, 5.74) is 2.15. The van der Waals surface area contributed by atoms with Crippen molar-refractivity contribution in [2.24, 2.45) is 7.05 Å². The second-order valence-electron chi connectivity index (χ2n) is 5.60. The minimum absolute atomic E-state index is 0.102. The lowest BCUT2D eigenvalue weighted by Crippen LogP contribution is -2.27. The number of rotatable bonds is 3. The smallest absolute Gasteiger partial charge is 0.278 e. The SMILES string of the molecule is CC(=O)c1c(-c2ccc(Cl)cc2)c(-c2ccc(Cl)cc2)nn(C)c1=O. The molecule has 0 aliphatic heterocycles. The van der Waals surface area contributed by atoms with Crippen molar-refractivity contribution in [3.05, 3.63) is 74.5 Å². The molecule has 1 aromatic heterocycles. The van der Waals surface area contributed by atoms with Crippen LogP contribution >= 0.6 is 23.2 Å². The molecule has 0 saturated heterocycles. The molecule has 0 fully saturated rings. The number of carbonyl (C=O) groups is 1. The molecule has 0 unspecified atom stereocenters. The van der Waals surface area contributed by atoms with Gasteiger partial charge in [-0.2, -0.15) is 5.10 Å². The molecule has 126 valence electrons. The van der Waals surface area contributed by atoms with Gasteiger partial charge in [-0.3, -0.25) is 9.59 Å². The van der Waals surface area contributed by atoms with Crippen molar-refractivity contribution in [1.29, 1.82) is 0 Å². The van der Waals surface area contributed by atoms with Crippen LogP contribution in [0.4, 0.5) is 0 Å². The van der Waals surface area contributed by atoms with E-state index in [4.69, 9.17) is 23.2 Å². The van der Waals surface area contributed by atoms with Crippen LogP contribution in [0.15, 0.2) is 53.3 Å². The predicted octanol–water partition coefficient (Wildman–Crippen LogP) is 4.62. The first kappa shape index (κ1) is 17.4. The zero-order valence-corrected chi connectivity index (χ0v) is 15.1. The third-order valence-corrected chi connectivity index (χ3v) is 4.35. The lowest BCUT2D eigenvalue weighted by molar-refractivity contribution is 0.101. The van der Waals surface area contributed by atoms with Gasteiger partial charge in [0, 0.05) is 28.2 Å². The molecule has 0 saturated carbocycles. The van der Waals surface area contributed by atoms with Crippen LogP contribution in [0.25, 0.3) is 22.4 Å². The molecule has 0 amide bonds. The van der Waals surface area contributed by atoms with E-state index in [1.165, 1.54) is 18.7 Å². The van der Waals surface area contributed by atoms with Gasteiger partial charge in [-0.05, 0) is 36.8 Å². The van der Waals surface area contributed by atoms with Crippen LogP contribution in [-0.2, 0) is 7.05 Å². The monoisotopic (exact) mass is 372 g/mol. The molecule has 0 radical (unpaired) electrons. The topological polar surface area (TPSA) is 52.0 Å². The van der Waals surface area contributed by atoms with Crippen LogP contribution in [-0.4, -0.2) is 15.6 Å². The number of benzene rings is 2. The number of nitrogens with zero attached hydrogens (tertiary/aromatic N) is 2. The second-order valence-corrected chi connectivity index (χ2v) is 6.47. The number of Topliss-reactive ketones (excluding diaryl/α,β-unsaturated/α-hetero) is 1. The quantitative estimate of drug-likeness (QED) is 0.630. The van der Waals surface area contributed by atoms with E-state index >= 15 is 0 Å². The molecule has 3 aromatic rings. The maximum Gasteiger partial charge on any atom is 0.278 e. The highest BCUT2D eigenvalue weighted by Gasteiger charge is 2.22. The Bertz CT molecular complexity index is 1010. The average molecular weight is 373 g/mol. The molecular formula is C19H14Cl2N2O2. The van der Waals surface area contributed by atoms with E-state index in [1.54, 1.807) is 48.5 Å². The van der Waals surface area contributed by atoms with Crippen LogP contribution in [0.2, 0.25) is 10.0 Å². The third kappa shape index (κ3) is 3.36. The Morgan fingerprint density at radius 3 is 1.88 bits per heavy atom. The van der Waals surface area contributed by atoms with E-state index in [0.717, 1.165) is 5.56 Å². The average Bonchev–Trinajstić information content (AvgIpc) is 2.58. The van der Waals surface area contributed by atoms with Crippen LogP contribution < -0.4 is 5.56 Å². The fourth-order valence-corrected chi connectivity index (χ4v) is 2.92.